The van der Waals surface area contributed by atoms with Crippen LogP contribution in [-0.2, 0) is 0 Å². The molecule has 0 bridgehead atoms. The summed E-state index contributed by atoms with van der Waals surface area (Å²) >= 11 is 0. The fourth-order valence-electron chi connectivity index (χ4n) is 1.64. The molecular weight excluding hydrogens is 136 g/mol. The lowest BCUT2D eigenvalue weighted by atomic mass is 9.94. The zero-order valence-electron chi connectivity index (χ0n) is 7.71. The molecule has 1 aliphatic rings. The maximum absolute atomic E-state index is 9.62. The number of hydrogen-bond donors (Lipinski definition) is 1. The lowest BCUT2D eigenvalue weighted by Gasteiger charge is -2.16. The van der Waals surface area contributed by atoms with Crippen molar-refractivity contribution in [2.24, 2.45) is 11.8 Å². The molecule has 0 spiro atoms. The summed E-state index contributed by atoms with van der Waals surface area (Å²) in [7, 11) is 0. The third-order valence-corrected chi connectivity index (χ3v) is 2.90. The molecule has 1 saturated carbocycles. The van der Waals surface area contributed by atoms with Gasteiger partial charge in [0.1, 0.15) is 0 Å². The van der Waals surface area contributed by atoms with Gasteiger partial charge >= 0.3 is 0 Å². The number of aliphatic hydroxyl groups excluding tert-OH is 1. The highest BCUT2D eigenvalue weighted by atomic mass is 16.3. The normalized spacial score (nSPS) is 20.7. The quantitative estimate of drug-likeness (QED) is 0.648. The molecule has 0 aromatic heterocycles. The van der Waals surface area contributed by atoms with Crippen molar-refractivity contribution in [3.8, 4) is 0 Å². The van der Waals surface area contributed by atoms with Gasteiger partial charge in [-0.05, 0) is 31.1 Å². The fourth-order valence-corrected chi connectivity index (χ4v) is 1.64. The van der Waals surface area contributed by atoms with Crippen molar-refractivity contribution in [1.82, 2.24) is 0 Å². The first kappa shape index (κ1) is 9.05. The van der Waals surface area contributed by atoms with Gasteiger partial charge in [-0.2, -0.15) is 0 Å². The number of rotatable bonds is 5. The highest BCUT2D eigenvalue weighted by Crippen LogP contribution is 2.35. The van der Waals surface area contributed by atoms with E-state index >= 15 is 0 Å². The Kier molecular flexibility index (Phi) is 3.38. The van der Waals surface area contributed by atoms with Gasteiger partial charge in [-0.1, -0.05) is 26.7 Å². The van der Waals surface area contributed by atoms with E-state index in [-0.39, 0.29) is 6.10 Å². The van der Waals surface area contributed by atoms with Crippen LogP contribution in [0.25, 0.3) is 0 Å². The minimum atomic E-state index is 0.0138. The molecule has 1 N–H and O–H groups in total. The molecule has 1 fully saturated rings. The Hall–Kier alpha value is -0.0400. The molecular formula is C10H20O. The zero-order valence-corrected chi connectivity index (χ0v) is 7.71. The Balaban J connectivity index is 2.15. The van der Waals surface area contributed by atoms with Crippen LogP contribution in [0.3, 0.4) is 0 Å². The summed E-state index contributed by atoms with van der Waals surface area (Å²) in [4.78, 5) is 0. The fraction of sp³-hybridized carbons (Fsp3) is 1.00. The van der Waals surface area contributed by atoms with E-state index in [0.717, 1.165) is 12.3 Å². The van der Waals surface area contributed by atoms with Gasteiger partial charge in [0.25, 0.3) is 0 Å². The molecule has 1 heteroatoms. The minimum absolute atomic E-state index is 0.0138. The van der Waals surface area contributed by atoms with Crippen LogP contribution in [0, 0.1) is 11.8 Å². The van der Waals surface area contributed by atoms with E-state index in [9.17, 15) is 5.11 Å². The molecule has 0 heterocycles. The van der Waals surface area contributed by atoms with Crippen molar-refractivity contribution in [1.29, 1.82) is 0 Å². The molecule has 0 aliphatic heterocycles. The first-order chi connectivity index (χ1) is 5.27. The summed E-state index contributed by atoms with van der Waals surface area (Å²) in [6.45, 7) is 4.43. The van der Waals surface area contributed by atoms with E-state index in [1.54, 1.807) is 0 Å². The molecule has 11 heavy (non-hydrogen) atoms. The van der Waals surface area contributed by atoms with E-state index in [4.69, 9.17) is 0 Å². The average Bonchev–Trinajstić information content (AvgIpc) is 2.81. The molecule has 1 aliphatic carbocycles. The lowest BCUT2D eigenvalue weighted by Crippen LogP contribution is -2.14. The highest BCUT2D eigenvalue weighted by molar-refractivity contribution is 4.81. The third-order valence-electron chi connectivity index (χ3n) is 2.90. The second kappa shape index (κ2) is 4.10. The molecule has 0 saturated heterocycles. The summed E-state index contributed by atoms with van der Waals surface area (Å²) in [5.74, 6) is 1.42. The first-order valence-corrected chi connectivity index (χ1v) is 4.96. The Labute approximate surface area is 69.8 Å². The molecule has 0 radical (unpaired) electrons. The summed E-state index contributed by atoms with van der Waals surface area (Å²) < 4.78 is 0. The monoisotopic (exact) mass is 156 g/mol. The maximum atomic E-state index is 9.62. The smallest absolute Gasteiger partial charge is 0.0571 e. The van der Waals surface area contributed by atoms with Gasteiger partial charge in [0, 0.05) is 0 Å². The van der Waals surface area contributed by atoms with Gasteiger partial charge in [-0.15, -0.1) is 0 Å². The van der Waals surface area contributed by atoms with Crippen LogP contribution < -0.4 is 0 Å². The predicted molar refractivity (Wildman–Crippen MR) is 47.4 cm³/mol. The van der Waals surface area contributed by atoms with Crippen LogP contribution in [0.15, 0.2) is 0 Å². The molecule has 1 nitrogen and oxygen atoms in total. The molecule has 1 atom stereocenters. The van der Waals surface area contributed by atoms with Crippen molar-refractivity contribution in [3.63, 3.8) is 0 Å². The summed E-state index contributed by atoms with van der Waals surface area (Å²) in [5, 5.41) is 9.62. The van der Waals surface area contributed by atoms with E-state index in [1.165, 1.54) is 25.7 Å². The van der Waals surface area contributed by atoms with Gasteiger partial charge < -0.3 is 5.11 Å². The molecule has 1 unspecified atom stereocenters. The van der Waals surface area contributed by atoms with Crippen molar-refractivity contribution in [2.45, 2.75) is 52.1 Å². The van der Waals surface area contributed by atoms with Crippen LogP contribution >= 0.6 is 0 Å². The van der Waals surface area contributed by atoms with Crippen molar-refractivity contribution < 1.29 is 5.11 Å². The molecule has 0 aromatic rings. The second-order valence-corrected chi connectivity index (χ2v) is 3.82. The summed E-state index contributed by atoms with van der Waals surface area (Å²) in [5.41, 5.74) is 0. The Bertz CT molecular complexity index is 103. The topological polar surface area (TPSA) is 20.2 Å². The van der Waals surface area contributed by atoms with Crippen molar-refractivity contribution in [2.75, 3.05) is 0 Å². The van der Waals surface area contributed by atoms with Crippen LogP contribution in [0.2, 0.25) is 0 Å². The third kappa shape index (κ3) is 2.82. The molecule has 0 aromatic carbocycles. The Morgan fingerprint density at radius 2 is 1.82 bits per heavy atom. The standard InChI is InChI=1S/C10H20O/c1-3-8(4-2)7-10(11)9-5-6-9/h8-11H,3-7H2,1-2H3. The van der Waals surface area contributed by atoms with Crippen LogP contribution in [-0.4, -0.2) is 11.2 Å². The van der Waals surface area contributed by atoms with Gasteiger partial charge in [-0.25, -0.2) is 0 Å². The summed E-state index contributed by atoms with van der Waals surface area (Å²) in [6, 6.07) is 0. The van der Waals surface area contributed by atoms with E-state index in [1.807, 2.05) is 0 Å². The molecule has 0 amide bonds. The van der Waals surface area contributed by atoms with Crippen LogP contribution in [0.4, 0.5) is 0 Å². The van der Waals surface area contributed by atoms with Gasteiger partial charge in [-0.3, -0.25) is 0 Å². The van der Waals surface area contributed by atoms with E-state index in [2.05, 4.69) is 13.8 Å². The van der Waals surface area contributed by atoms with Crippen molar-refractivity contribution >= 4 is 0 Å². The number of hydrogen-bond acceptors (Lipinski definition) is 1. The van der Waals surface area contributed by atoms with Gasteiger partial charge in [0.2, 0.25) is 0 Å². The first-order valence-electron chi connectivity index (χ1n) is 4.96. The predicted octanol–water partition coefficient (Wildman–Crippen LogP) is 2.58. The SMILES string of the molecule is CCC(CC)CC(O)C1CC1. The van der Waals surface area contributed by atoms with Crippen LogP contribution in [0.5, 0.6) is 0 Å². The van der Waals surface area contributed by atoms with Crippen molar-refractivity contribution in [3.05, 3.63) is 0 Å². The second-order valence-electron chi connectivity index (χ2n) is 3.82. The molecule has 66 valence electrons. The van der Waals surface area contributed by atoms with Gasteiger partial charge in [0.15, 0.2) is 0 Å². The minimum Gasteiger partial charge on any atom is -0.393 e. The zero-order chi connectivity index (χ0) is 8.27. The van der Waals surface area contributed by atoms with E-state index in [0.29, 0.717) is 5.92 Å². The van der Waals surface area contributed by atoms with Crippen LogP contribution in [0.1, 0.15) is 46.0 Å². The summed E-state index contributed by atoms with van der Waals surface area (Å²) in [6.07, 6.45) is 6.03. The van der Waals surface area contributed by atoms with Gasteiger partial charge in [0.05, 0.1) is 6.10 Å². The highest BCUT2D eigenvalue weighted by Gasteiger charge is 2.30. The van der Waals surface area contributed by atoms with E-state index < -0.39 is 0 Å². The molecule has 1 rings (SSSR count). The largest absolute Gasteiger partial charge is 0.393 e. The number of aliphatic hydroxyl groups is 1. The Morgan fingerprint density at radius 3 is 2.18 bits per heavy atom. The maximum Gasteiger partial charge on any atom is 0.0571 e. The average molecular weight is 156 g/mol. The Morgan fingerprint density at radius 1 is 1.27 bits per heavy atom. The lowest BCUT2D eigenvalue weighted by molar-refractivity contribution is 0.118.